The minimum Gasteiger partial charge on any atom is -0.387 e. The van der Waals surface area contributed by atoms with Crippen LogP contribution in [-0.2, 0) is 4.74 Å². The van der Waals surface area contributed by atoms with Crippen LogP contribution < -0.4 is 0 Å². The van der Waals surface area contributed by atoms with Crippen molar-refractivity contribution in [1.82, 2.24) is 0 Å². The van der Waals surface area contributed by atoms with E-state index in [-0.39, 0.29) is 0 Å². The van der Waals surface area contributed by atoms with E-state index >= 15 is 0 Å². The van der Waals surface area contributed by atoms with Gasteiger partial charge in [0.05, 0.1) is 6.10 Å². The molecular formula is C35H60O4. The van der Waals surface area contributed by atoms with E-state index in [4.69, 9.17) is 4.74 Å². The van der Waals surface area contributed by atoms with Crippen LogP contribution in [0.25, 0.3) is 0 Å². The molecule has 0 amide bonds. The van der Waals surface area contributed by atoms with E-state index in [1.54, 1.807) is 0 Å². The largest absolute Gasteiger partial charge is 0.387 e. The van der Waals surface area contributed by atoms with E-state index in [0.29, 0.717) is 39.4 Å². The van der Waals surface area contributed by atoms with Crippen molar-refractivity contribution in [3.63, 3.8) is 0 Å². The fourth-order valence-corrected chi connectivity index (χ4v) is 13.6. The Morgan fingerprint density at radius 2 is 1.33 bits per heavy atom. The number of ether oxygens (including phenoxy) is 1. The van der Waals surface area contributed by atoms with Gasteiger partial charge in [-0.15, -0.1) is 0 Å². The normalized spacial score (nSPS) is 57.2. The molecular weight excluding hydrogens is 484 g/mol. The van der Waals surface area contributed by atoms with Gasteiger partial charge in [-0.1, -0.05) is 54.9 Å². The fraction of sp³-hybridized carbons (Fsp3) is 1.00. The predicted molar refractivity (Wildman–Crippen MR) is 156 cm³/mol. The van der Waals surface area contributed by atoms with Crippen molar-refractivity contribution < 1.29 is 20.1 Å². The van der Waals surface area contributed by atoms with Crippen molar-refractivity contribution in [2.45, 2.75) is 157 Å². The molecule has 5 saturated carbocycles. The molecule has 1 aliphatic heterocycles. The molecule has 224 valence electrons. The number of aliphatic hydroxyl groups is 3. The second-order valence-corrected chi connectivity index (χ2v) is 17.4. The van der Waals surface area contributed by atoms with Gasteiger partial charge in [0.25, 0.3) is 0 Å². The SMILES string of the molecule is C[C@H](CC[C@H]1OC(O)[C@H](O)[C@@H]1O)[C@H]1CC[C@]2(C)[C@H]3CC[C@@H]4[C@@]5(C)CCCC(C)(C)C5CC[C@@]4(C)[C@]3(C)CC[C@@H]12. The number of rotatable bonds is 4. The highest BCUT2D eigenvalue weighted by Gasteiger charge is 2.70. The van der Waals surface area contributed by atoms with Crippen molar-refractivity contribution in [3.8, 4) is 0 Å². The van der Waals surface area contributed by atoms with Crippen molar-refractivity contribution in [3.05, 3.63) is 0 Å². The zero-order valence-corrected chi connectivity index (χ0v) is 26.2. The van der Waals surface area contributed by atoms with E-state index in [1.807, 2.05) is 0 Å². The summed E-state index contributed by atoms with van der Waals surface area (Å²) in [5, 5.41) is 30.0. The Balaban J connectivity index is 1.19. The lowest BCUT2D eigenvalue weighted by molar-refractivity contribution is -0.241. The Morgan fingerprint density at radius 1 is 0.692 bits per heavy atom. The van der Waals surface area contributed by atoms with Crippen LogP contribution in [0.5, 0.6) is 0 Å². The number of hydrogen-bond donors (Lipinski definition) is 3. The molecule has 1 heterocycles. The predicted octanol–water partition coefficient (Wildman–Crippen LogP) is 7.33. The zero-order valence-electron chi connectivity index (χ0n) is 26.2. The molecule has 1 saturated heterocycles. The van der Waals surface area contributed by atoms with Gasteiger partial charge in [-0.3, -0.25) is 0 Å². The molecule has 39 heavy (non-hydrogen) atoms. The third kappa shape index (κ3) is 3.96. The first-order valence-electron chi connectivity index (χ1n) is 16.9. The van der Waals surface area contributed by atoms with Gasteiger partial charge in [0.2, 0.25) is 0 Å². The average molecular weight is 545 g/mol. The first-order chi connectivity index (χ1) is 18.2. The highest BCUT2D eigenvalue weighted by atomic mass is 16.6. The molecule has 5 aliphatic carbocycles. The molecule has 3 N–H and O–H groups in total. The molecule has 2 unspecified atom stereocenters. The summed E-state index contributed by atoms with van der Waals surface area (Å²) in [7, 11) is 0. The molecule has 6 rings (SSSR count). The summed E-state index contributed by atoms with van der Waals surface area (Å²) < 4.78 is 5.48. The molecule has 4 nitrogen and oxygen atoms in total. The van der Waals surface area contributed by atoms with Crippen LogP contribution in [0.2, 0.25) is 0 Å². The van der Waals surface area contributed by atoms with Gasteiger partial charge < -0.3 is 20.1 Å². The highest BCUT2D eigenvalue weighted by molar-refractivity contribution is 5.19. The van der Waals surface area contributed by atoms with E-state index in [1.165, 1.54) is 70.6 Å². The first-order valence-corrected chi connectivity index (χ1v) is 16.9. The Morgan fingerprint density at radius 3 is 1.97 bits per heavy atom. The molecule has 0 aromatic heterocycles. The van der Waals surface area contributed by atoms with Crippen molar-refractivity contribution in [2.75, 3.05) is 0 Å². The second-order valence-electron chi connectivity index (χ2n) is 17.4. The maximum Gasteiger partial charge on any atom is 0.183 e. The molecule has 6 aliphatic rings. The number of fused-ring (bicyclic) bond motifs is 7. The summed E-state index contributed by atoms with van der Waals surface area (Å²) in [4.78, 5) is 0. The number of hydrogen-bond acceptors (Lipinski definition) is 4. The minimum atomic E-state index is -1.25. The maximum absolute atomic E-state index is 10.3. The van der Waals surface area contributed by atoms with Crippen LogP contribution in [0.4, 0.5) is 0 Å². The second kappa shape index (κ2) is 9.42. The van der Waals surface area contributed by atoms with Crippen LogP contribution >= 0.6 is 0 Å². The minimum absolute atomic E-state index is 0.444. The molecule has 4 heteroatoms. The highest BCUT2D eigenvalue weighted by Crippen LogP contribution is 2.78. The van der Waals surface area contributed by atoms with Gasteiger partial charge in [-0.2, -0.15) is 0 Å². The standard InChI is InChI=1S/C35H60O4/c1-21(9-10-24-28(36)29(37)30(38)39-24)22-13-18-32(4)23(22)14-19-34(6)26(32)11-12-27-33(5)17-8-16-31(2,3)25(33)15-20-35(27,34)7/h21-30,36-38H,8-20H2,1-7H3/t21-,22-,23+,24-,25?,26-,27-,28-,29-,30?,32+,33+,34-,35-/m1/s1. The van der Waals surface area contributed by atoms with Crippen LogP contribution in [-0.4, -0.2) is 39.9 Å². The van der Waals surface area contributed by atoms with Gasteiger partial charge >= 0.3 is 0 Å². The Bertz CT molecular complexity index is 934. The van der Waals surface area contributed by atoms with E-state index in [0.717, 1.165) is 36.0 Å². The lowest BCUT2D eigenvalue weighted by Crippen LogP contribution is -2.65. The molecule has 0 aromatic carbocycles. The summed E-state index contributed by atoms with van der Waals surface area (Å²) in [6, 6.07) is 0. The Kier molecular flexibility index (Phi) is 6.99. The van der Waals surface area contributed by atoms with E-state index in [9.17, 15) is 15.3 Å². The topological polar surface area (TPSA) is 69.9 Å². The number of aliphatic hydroxyl groups excluding tert-OH is 3. The van der Waals surface area contributed by atoms with Gasteiger partial charge in [0.15, 0.2) is 6.29 Å². The Labute approximate surface area is 239 Å². The average Bonchev–Trinajstić information content (AvgIpc) is 3.33. The van der Waals surface area contributed by atoms with Crippen LogP contribution in [0, 0.1) is 62.6 Å². The van der Waals surface area contributed by atoms with E-state index < -0.39 is 24.6 Å². The van der Waals surface area contributed by atoms with Crippen LogP contribution in [0.15, 0.2) is 0 Å². The molecule has 6 fully saturated rings. The molecule has 0 radical (unpaired) electrons. The monoisotopic (exact) mass is 544 g/mol. The molecule has 14 atom stereocenters. The summed E-state index contributed by atoms with van der Waals surface area (Å²) >= 11 is 0. The van der Waals surface area contributed by atoms with Crippen LogP contribution in [0.3, 0.4) is 0 Å². The summed E-state index contributed by atoms with van der Waals surface area (Å²) in [5.74, 6) is 4.74. The van der Waals surface area contributed by atoms with Gasteiger partial charge in [0.1, 0.15) is 12.2 Å². The lowest BCUT2D eigenvalue weighted by atomic mass is 9.32. The van der Waals surface area contributed by atoms with Crippen molar-refractivity contribution >= 4 is 0 Å². The van der Waals surface area contributed by atoms with E-state index in [2.05, 4.69) is 48.5 Å². The molecule has 0 aromatic rings. The van der Waals surface area contributed by atoms with Gasteiger partial charge in [-0.25, -0.2) is 0 Å². The third-order valence-electron chi connectivity index (χ3n) is 15.7. The lowest BCUT2D eigenvalue weighted by Gasteiger charge is -2.73. The third-order valence-corrected chi connectivity index (χ3v) is 15.7. The first kappa shape index (κ1) is 28.9. The Hall–Kier alpha value is -0.160. The fourth-order valence-electron chi connectivity index (χ4n) is 13.6. The van der Waals surface area contributed by atoms with Crippen LogP contribution in [0.1, 0.15) is 132 Å². The smallest absolute Gasteiger partial charge is 0.183 e. The molecule has 0 spiro atoms. The summed E-state index contributed by atoms with van der Waals surface area (Å²) in [5.41, 5.74) is 2.37. The maximum atomic E-state index is 10.3. The summed E-state index contributed by atoms with van der Waals surface area (Å²) in [6.45, 7) is 18.5. The quantitative estimate of drug-likeness (QED) is 0.346. The van der Waals surface area contributed by atoms with Crippen molar-refractivity contribution in [2.24, 2.45) is 62.6 Å². The molecule has 0 bridgehead atoms. The van der Waals surface area contributed by atoms with Gasteiger partial charge in [0, 0.05) is 0 Å². The zero-order chi connectivity index (χ0) is 28.2. The van der Waals surface area contributed by atoms with Crippen molar-refractivity contribution in [1.29, 1.82) is 0 Å². The van der Waals surface area contributed by atoms with Gasteiger partial charge in [-0.05, 0) is 140 Å². The summed E-state index contributed by atoms with van der Waals surface area (Å²) in [6.07, 6.45) is 13.4.